The van der Waals surface area contributed by atoms with Gasteiger partial charge in [0.15, 0.2) is 0 Å². The number of sulfonamides is 1. The molecule has 0 unspecified atom stereocenters. The number of rotatable bonds is 6. The highest BCUT2D eigenvalue weighted by molar-refractivity contribution is 7.89. The lowest BCUT2D eigenvalue weighted by Gasteiger charge is -2.32. The maximum Gasteiger partial charge on any atom is 0.256 e. The van der Waals surface area contributed by atoms with Gasteiger partial charge in [-0.15, -0.1) is 0 Å². The highest BCUT2D eigenvalue weighted by Crippen LogP contribution is 2.25. The Morgan fingerprint density at radius 1 is 0.853 bits per heavy atom. The third-order valence-corrected chi connectivity index (χ3v) is 7.91. The second kappa shape index (κ2) is 9.44. The van der Waals surface area contributed by atoms with E-state index in [2.05, 4.69) is 21.4 Å². The minimum Gasteiger partial charge on any atom is -0.342 e. The summed E-state index contributed by atoms with van der Waals surface area (Å²) in [6.45, 7) is 1.72. The van der Waals surface area contributed by atoms with Gasteiger partial charge in [0.1, 0.15) is 0 Å². The van der Waals surface area contributed by atoms with E-state index in [0.717, 1.165) is 10.9 Å². The SMILES string of the molecule is O=C(c1cn(Cc2ccccc2)c2ccccc12)N1CCC(NS(=O)(=O)c2ccccc2)CC1. The van der Waals surface area contributed by atoms with E-state index < -0.39 is 10.0 Å². The van der Waals surface area contributed by atoms with Crippen LogP contribution in [-0.4, -0.2) is 42.9 Å². The maximum absolute atomic E-state index is 13.5. The summed E-state index contributed by atoms with van der Waals surface area (Å²) in [4.78, 5) is 15.6. The minimum atomic E-state index is -3.56. The minimum absolute atomic E-state index is 0.00706. The van der Waals surface area contributed by atoms with Gasteiger partial charge in [0.05, 0.1) is 10.5 Å². The molecule has 0 radical (unpaired) electrons. The number of hydrogen-bond donors (Lipinski definition) is 1. The van der Waals surface area contributed by atoms with Crippen molar-refractivity contribution in [2.24, 2.45) is 0 Å². The number of aromatic nitrogens is 1. The lowest BCUT2D eigenvalue weighted by molar-refractivity contribution is 0.0713. The molecule has 1 fully saturated rings. The molecule has 0 saturated carbocycles. The van der Waals surface area contributed by atoms with E-state index in [0.29, 0.717) is 38.0 Å². The van der Waals surface area contributed by atoms with Gasteiger partial charge in [0.2, 0.25) is 10.0 Å². The van der Waals surface area contributed by atoms with Gasteiger partial charge in [0, 0.05) is 42.8 Å². The summed E-state index contributed by atoms with van der Waals surface area (Å²) in [5, 5.41) is 0.940. The number of hydrogen-bond acceptors (Lipinski definition) is 3. The zero-order valence-corrected chi connectivity index (χ0v) is 19.6. The van der Waals surface area contributed by atoms with Crippen molar-refractivity contribution in [1.29, 1.82) is 0 Å². The molecule has 0 aliphatic carbocycles. The molecule has 34 heavy (non-hydrogen) atoms. The highest BCUT2D eigenvalue weighted by atomic mass is 32.2. The molecule has 1 saturated heterocycles. The number of carbonyl (C=O) groups is 1. The molecule has 7 heteroatoms. The third-order valence-electron chi connectivity index (χ3n) is 6.37. The first kappa shape index (κ1) is 22.4. The molecule has 0 spiro atoms. The number of amides is 1. The Hall–Kier alpha value is -3.42. The lowest BCUT2D eigenvalue weighted by Crippen LogP contribution is -2.46. The van der Waals surface area contributed by atoms with Gasteiger partial charge in [0.25, 0.3) is 5.91 Å². The van der Waals surface area contributed by atoms with Gasteiger partial charge in [-0.3, -0.25) is 4.79 Å². The van der Waals surface area contributed by atoms with Gasteiger partial charge >= 0.3 is 0 Å². The molecule has 0 bridgehead atoms. The number of piperidine rings is 1. The number of nitrogens with one attached hydrogen (secondary N) is 1. The summed E-state index contributed by atoms with van der Waals surface area (Å²) in [6, 6.07) is 26.4. The molecule has 5 rings (SSSR count). The first-order chi connectivity index (χ1) is 16.5. The van der Waals surface area contributed by atoms with Crippen LogP contribution in [0.3, 0.4) is 0 Å². The van der Waals surface area contributed by atoms with Crippen LogP contribution in [0.5, 0.6) is 0 Å². The van der Waals surface area contributed by atoms with Crippen LogP contribution >= 0.6 is 0 Å². The Morgan fingerprint density at radius 2 is 1.47 bits per heavy atom. The van der Waals surface area contributed by atoms with Crippen LogP contribution in [0.2, 0.25) is 0 Å². The number of carbonyl (C=O) groups excluding carboxylic acids is 1. The maximum atomic E-state index is 13.5. The van der Waals surface area contributed by atoms with Crippen molar-refractivity contribution in [1.82, 2.24) is 14.2 Å². The van der Waals surface area contributed by atoms with Crippen molar-refractivity contribution in [2.45, 2.75) is 30.3 Å². The van der Waals surface area contributed by atoms with Gasteiger partial charge in [-0.2, -0.15) is 0 Å². The third kappa shape index (κ3) is 4.62. The van der Waals surface area contributed by atoms with Gasteiger partial charge in [-0.25, -0.2) is 13.1 Å². The lowest BCUT2D eigenvalue weighted by atomic mass is 10.0. The topological polar surface area (TPSA) is 71.4 Å². The fourth-order valence-corrected chi connectivity index (χ4v) is 5.91. The molecule has 2 heterocycles. The fraction of sp³-hybridized carbons (Fsp3) is 0.222. The number of fused-ring (bicyclic) bond motifs is 1. The largest absolute Gasteiger partial charge is 0.342 e. The standard InChI is InChI=1S/C27H27N3O3S/c31-27(29-17-15-22(16-18-29)28-34(32,33)23-11-5-2-6-12-23)25-20-30(19-21-9-3-1-4-10-21)26-14-8-7-13-24(25)26/h1-14,20,22,28H,15-19H2. The van der Waals surface area contributed by atoms with Gasteiger partial charge in [-0.05, 0) is 36.6 Å². The predicted molar refractivity (Wildman–Crippen MR) is 133 cm³/mol. The average molecular weight is 474 g/mol. The predicted octanol–water partition coefficient (Wildman–Crippen LogP) is 4.27. The van der Waals surface area contributed by atoms with Crippen LogP contribution in [0.15, 0.2) is 96.0 Å². The number of benzene rings is 3. The Balaban J connectivity index is 1.30. The van der Waals surface area contributed by atoms with E-state index in [9.17, 15) is 13.2 Å². The molecule has 1 aromatic heterocycles. The van der Waals surface area contributed by atoms with Crippen molar-refractivity contribution in [3.8, 4) is 0 Å². The molecule has 1 amide bonds. The number of para-hydroxylation sites is 1. The Morgan fingerprint density at radius 3 is 2.18 bits per heavy atom. The summed E-state index contributed by atoms with van der Waals surface area (Å²) in [6.07, 6.45) is 3.12. The van der Waals surface area contributed by atoms with E-state index in [1.165, 1.54) is 5.56 Å². The first-order valence-corrected chi connectivity index (χ1v) is 13.0. The van der Waals surface area contributed by atoms with Crippen LogP contribution in [-0.2, 0) is 16.6 Å². The Kier molecular flexibility index (Phi) is 6.22. The number of nitrogens with zero attached hydrogens (tertiary/aromatic N) is 2. The molecule has 174 valence electrons. The molecule has 0 atom stereocenters. The quantitative estimate of drug-likeness (QED) is 0.455. The summed E-state index contributed by atoms with van der Waals surface area (Å²) in [7, 11) is -3.56. The summed E-state index contributed by atoms with van der Waals surface area (Å²) in [5.74, 6) is -0.00706. The first-order valence-electron chi connectivity index (χ1n) is 11.5. The van der Waals surface area contributed by atoms with Gasteiger partial charge in [-0.1, -0.05) is 66.7 Å². The Labute approximate surface area is 199 Å². The molecular formula is C27H27N3O3S. The van der Waals surface area contributed by atoms with Crippen LogP contribution in [0, 0.1) is 0 Å². The van der Waals surface area contributed by atoms with Crippen LogP contribution in [0.25, 0.3) is 10.9 Å². The molecule has 1 N–H and O–H groups in total. The van der Waals surface area contributed by atoms with E-state index in [-0.39, 0.29) is 16.8 Å². The zero-order chi connectivity index (χ0) is 23.5. The smallest absolute Gasteiger partial charge is 0.256 e. The fourth-order valence-electron chi connectivity index (χ4n) is 4.59. The molecule has 1 aliphatic heterocycles. The van der Waals surface area contributed by atoms with E-state index in [1.807, 2.05) is 53.6 Å². The molecule has 4 aromatic rings. The normalized spacial score (nSPS) is 15.0. The van der Waals surface area contributed by atoms with Crippen molar-refractivity contribution in [3.05, 3.63) is 102 Å². The average Bonchev–Trinajstić information content (AvgIpc) is 3.23. The van der Waals surface area contributed by atoms with Crippen molar-refractivity contribution >= 4 is 26.8 Å². The Bertz CT molecular complexity index is 1390. The van der Waals surface area contributed by atoms with E-state index in [1.54, 1.807) is 30.3 Å². The van der Waals surface area contributed by atoms with E-state index in [4.69, 9.17) is 0 Å². The van der Waals surface area contributed by atoms with Crippen LogP contribution in [0.1, 0.15) is 28.8 Å². The van der Waals surface area contributed by atoms with Crippen molar-refractivity contribution in [3.63, 3.8) is 0 Å². The summed E-state index contributed by atoms with van der Waals surface area (Å²) >= 11 is 0. The van der Waals surface area contributed by atoms with E-state index >= 15 is 0 Å². The molecule has 1 aliphatic rings. The summed E-state index contributed by atoms with van der Waals surface area (Å²) in [5.41, 5.74) is 2.89. The molecular weight excluding hydrogens is 446 g/mol. The highest BCUT2D eigenvalue weighted by Gasteiger charge is 2.28. The monoisotopic (exact) mass is 473 g/mol. The zero-order valence-electron chi connectivity index (χ0n) is 18.8. The van der Waals surface area contributed by atoms with Crippen LogP contribution < -0.4 is 4.72 Å². The molecule has 6 nitrogen and oxygen atoms in total. The number of likely N-dealkylation sites (tertiary alicyclic amines) is 1. The molecule has 3 aromatic carbocycles. The van der Waals surface area contributed by atoms with Crippen molar-refractivity contribution in [2.75, 3.05) is 13.1 Å². The summed E-state index contributed by atoms with van der Waals surface area (Å²) < 4.78 is 30.2. The second-order valence-corrected chi connectivity index (χ2v) is 10.4. The van der Waals surface area contributed by atoms with Crippen molar-refractivity contribution < 1.29 is 13.2 Å². The van der Waals surface area contributed by atoms with Gasteiger partial charge < -0.3 is 9.47 Å². The second-order valence-electron chi connectivity index (χ2n) is 8.67. The van der Waals surface area contributed by atoms with Crippen LogP contribution in [0.4, 0.5) is 0 Å².